The largest absolute Gasteiger partial charge is 0.381 e. The summed E-state index contributed by atoms with van der Waals surface area (Å²) in [5, 5.41) is 2.68. The number of nitrogens with zero attached hydrogens (tertiary/aromatic N) is 1. The Morgan fingerprint density at radius 2 is 2.00 bits per heavy atom. The van der Waals surface area contributed by atoms with E-state index >= 15 is 0 Å². The van der Waals surface area contributed by atoms with Gasteiger partial charge >= 0.3 is 0 Å². The van der Waals surface area contributed by atoms with E-state index in [1.165, 1.54) is 0 Å². The summed E-state index contributed by atoms with van der Waals surface area (Å²) in [5.74, 6) is 0.639. The molecular weight excluding hydrogens is 232 g/mol. The molecule has 2 heterocycles. The van der Waals surface area contributed by atoms with Crippen LogP contribution in [0.15, 0.2) is 0 Å². The molecule has 2 amide bonds. The van der Waals surface area contributed by atoms with Gasteiger partial charge in [0.15, 0.2) is 0 Å². The van der Waals surface area contributed by atoms with E-state index < -0.39 is 0 Å². The smallest absolute Gasteiger partial charge is 0.243 e. The lowest BCUT2D eigenvalue weighted by Gasteiger charge is -2.39. The van der Waals surface area contributed by atoms with Crippen molar-refractivity contribution >= 4 is 11.8 Å². The second-order valence-electron chi connectivity index (χ2n) is 5.51. The van der Waals surface area contributed by atoms with Crippen LogP contribution in [0.5, 0.6) is 0 Å². The summed E-state index contributed by atoms with van der Waals surface area (Å²) in [6.07, 6.45) is 1.96. The molecule has 102 valence electrons. The van der Waals surface area contributed by atoms with Crippen LogP contribution in [0.4, 0.5) is 0 Å². The van der Waals surface area contributed by atoms with Crippen LogP contribution < -0.4 is 5.32 Å². The first-order valence-corrected chi connectivity index (χ1v) is 6.74. The lowest BCUT2D eigenvalue weighted by molar-refractivity contribution is -0.148. The Bertz CT molecular complexity index is 324. The van der Waals surface area contributed by atoms with Crippen LogP contribution >= 0.6 is 0 Å². The van der Waals surface area contributed by atoms with Crippen LogP contribution in [0.3, 0.4) is 0 Å². The molecule has 1 unspecified atom stereocenters. The average molecular weight is 254 g/mol. The number of carbonyl (C=O) groups excluding carboxylic acids is 2. The summed E-state index contributed by atoms with van der Waals surface area (Å²) in [7, 11) is 0. The summed E-state index contributed by atoms with van der Waals surface area (Å²) in [6.45, 7) is 6.35. The number of rotatable bonds is 3. The first-order chi connectivity index (χ1) is 8.59. The van der Waals surface area contributed by atoms with Gasteiger partial charge in [0.25, 0.3) is 0 Å². The number of nitrogens with one attached hydrogen (secondary N) is 1. The number of ether oxygens (including phenoxy) is 1. The van der Waals surface area contributed by atoms with Crippen molar-refractivity contribution in [2.45, 2.75) is 32.7 Å². The van der Waals surface area contributed by atoms with E-state index in [9.17, 15) is 9.59 Å². The molecular formula is C13H22N2O3. The molecule has 5 heteroatoms. The van der Waals surface area contributed by atoms with Gasteiger partial charge in [0, 0.05) is 19.8 Å². The Balaban J connectivity index is 2.05. The zero-order valence-corrected chi connectivity index (χ0v) is 11.1. The molecule has 2 saturated heterocycles. The zero-order valence-electron chi connectivity index (χ0n) is 11.1. The number of carbonyl (C=O) groups is 2. The maximum Gasteiger partial charge on any atom is 0.243 e. The molecule has 0 aromatic heterocycles. The number of piperazine rings is 1. The minimum absolute atomic E-state index is 0.0170. The Labute approximate surface area is 108 Å². The fourth-order valence-electron chi connectivity index (χ4n) is 2.75. The predicted molar refractivity (Wildman–Crippen MR) is 66.9 cm³/mol. The minimum Gasteiger partial charge on any atom is -0.381 e. The molecule has 18 heavy (non-hydrogen) atoms. The fourth-order valence-corrected chi connectivity index (χ4v) is 2.75. The number of hydrogen-bond donors (Lipinski definition) is 1. The predicted octanol–water partition coefficient (Wildman–Crippen LogP) is 0.396. The van der Waals surface area contributed by atoms with Crippen molar-refractivity contribution in [3.05, 3.63) is 0 Å². The summed E-state index contributed by atoms with van der Waals surface area (Å²) >= 11 is 0. The van der Waals surface area contributed by atoms with Gasteiger partial charge in [-0.05, 0) is 24.7 Å². The maximum atomic E-state index is 12.0. The standard InChI is InChI=1S/C13H22N2O3/c1-9(2)12-13(17)14-7-11(16)15(12)8-10-3-5-18-6-4-10/h9-10,12H,3-8H2,1-2H3,(H,14,17). The third-order valence-corrected chi connectivity index (χ3v) is 3.77. The average Bonchev–Trinajstić information content (AvgIpc) is 2.35. The maximum absolute atomic E-state index is 12.0. The van der Waals surface area contributed by atoms with Crippen LogP contribution in [0.2, 0.25) is 0 Å². The van der Waals surface area contributed by atoms with Crippen LogP contribution in [0.25, 0.3) is 0 Å². The molecule has 5 nitrogen and oxygen atoms in total. The summed E-state index contributed by atoms with van der Waals surface area (Å²) in [6, 6.07) is -0.311. The summed E-state index contributed by atoms with van der Waals surface area (Å²) < 4.78 is 5.33. The van der Waals surface area contributed by atoms with Crippen molar-refractivity contribution in [2.75, 3.05) is 26.3 Å². The molecule has 2 fully saturated rings. The van der Waals surface area contributed by atoms with Gasteiger partial charge in [-0.15, -0.1) is 0 Å². The highest BCUT2D eigenvalue weighted by Crippen LogP contribution is 2.21. The Hall–Kier alpha value is -1.10. The SMILES string of the molecule is CC(C)C1C(=O)NCC(=O)N1CC1CCOCC1. The van der Waals surface area contributed by atoms with Crippen molar-refractivity contribution in [1.29, 1.82) is 0 Å². The van der Waals surface area contributed by atoms with Gasteiger partial charge in [0.05, 0.1) is 6.54 Å². The minimum atomic E-state index is -0.311. The molecule has 0 spiro atoms. The lowest BCUT2D eigenvalue weighted by Crippen LogP contribution is -2.61. The van der Waals surface area contributed by atoms with Crippen LogP contribution in [-0.2, 0) is 14.3 Å². The van der Waals surface area contributed by atoms with E-state index in [0.717, 1.165) is 26.1 Å². The topological polar surface area (TPSA) is 58.6 Å². The molecule has 0 bridgehead atoms. The van der Waals surface area contributed by atoms with E-state index in [0.29, 0.717) is 12.5 Å². The van der Waals surface area contributed by atoms with Gasteiger partial charge in [0.2, 0.25) is 11.8 Å². The van der Waals surface area contributed by atoms with Gasteiger partial charge in [-0.1, -0.05) is 13.8 Å². The van der Waals surface area contributed by atoms with Crippen molar-refractivity contribution in [3.63, 3.8) is 0 Å². The first kappa shape index (κ1) is 13.3. The number of amides is 2. The van der Waals surface area contributed by atoms with Crippen LogP contribution in [0, 0.1) is 11.8 Å². The normalized spacial score (nSPS) is 26.6. The Morgan fingerprint density at radius 3 is 2.61 bits per heavy atom. The van der Waals surface area contributed by atoms with Crippen molar-refractivity contribution in [3.8, 4) is 0 Å². The van der Waals surface area contributed by atoms with E-state index in [-0.39, 0.29) is 30.3 Å². The lowest BCUT2D eigenvalue weighted by atomic mass is 9.94. The van der Waals surface area contributed by atoms with E-state index in [2.05, 4.69) is 5.32 Å². The first-order valence-electron chi connectivity index (χ1n) is 6.74. The molecule has 2 aliphatic heterocycles. The molecule has 0 aromatic carbocycles. The third-order valence-electron chi connectivity index (χ3n) is 3.77. The van der Waals surface area contributed by atoms with Crippen LogP contribution in [0.1, 0.15) is 26.7 Å². The molecule has 0 aromatic rings. The Kier molecular flexibility index (Phi) is 4.22. The summed E-state index contributed by atoms with van der Waals surface area (Å²) in [4.78, 5) is 25.7. The molecule has 0 radical (unpaired) electrons. The monoisotopic (exact) mass is 254 g/mol. The third kappa shape index (κ3) is 2.83. The molecule has 0 aliphatic carbocycles. The van der Waals surface area contributed by atoms with Crippen molar-refractivity contribution in [2.24, 2.45) is 11.8 Å². The molecule has 2 rings (SSSR count). The van der Waals surface area contributed by atoms with E-state index in [4.69, 9.17) is 4.74 Å². The van der Waals surface area contributed by atoms with Gasteiger partial charge in [-0.25, -0.2) is 0 Å². The zero-order chi connectivity index (χ0) is 13.1. The molecule has 1 N–H and O–H groups in total. The molecule has 0 saturated carbocycles. The van der Waals surface area contributed by atoms with Crippen LogP contribution in [-0.4, -0.2) is 49.1 Å². The highest BCUT2D eigenvalue weighted by Gasteiger charge is 2.37. The van der Waals surface area contributed by atoms with Gasteiger partial charge in [-0.2, -0.15) is 0 Å². The van der Waals surface area contributed by atoms with E-state index in [1.807, 2.05) is 13.8 Å². The molecule has 2 aliphatic rings. The Morgan fingerprint density at radius 1 is 1.33 bits per heavy atom. The second-order valence-corrected chi connectivity index (χ2v) is 5.51. The van der Waals surface area contributed by atoms with E-state index in [1.54, 1.807) is 4.90 Å². The van der Waals surface area contributed by atoms with Gasteiger partial charge in [-0.3, -0.25) is 9.59 Å². The number of hydrogen-bond acceptors (Lipinski definition) is 3. The summed E-state index contributed by atoms with van der Waals surface area (Å²) in [5.41, 5.74) is 0. The van der Waals surface area contributed by atoms with Gasteiger partial charge in [0.1, 0.15) is 6.04 Å². The molecule has 1 atom stereocenters. The quantitative estimate of drug-likeness (QED) is 0.793. The van der Waals surface area contributed by atoms with Gasteiger partial charge < -0.3 is 15.0 Å². The fraction of sp³-hybridized carbons (Fsp3) is 0.846. The highest BCUT2D eigenvalue weighted by atomic mass is 16.5. The van der Waals surface area contributed by atoms with Crippen molar-refractivity contribution in [1.82, 2.24) is 10.2 Å². The highest BCUT2D eigenvalue weighted by molar-refractivity contribution is 5.94. The van der Waals surface area contributed by atoms with Crippen molar-refractivity contribution < 1.29 is 14.3 Å². The second kappa shape index (κ2) is 5.69.